The standard InChI is InChI=1S/C23H28N2O4/c1-24-22(27)20-13-19(21(26)11-5-9-18-10-6-12-29-16-18)15-25(23(20)28)14-17-7-3-2-4-8-17/h2-4,7-8,13,15,18H,5-6,9-12,14,16H2,1H3,(H,24,27). The molecule has 1 atom stereocenters. The number of aromatic nitrogens is 1. The number of benzene rings is 1. The summed E-state index contributed by atoms with van der Waals surface area (Å²) in [5.74, 6) is -0.00970. The van der Waals surface area contributed by atoms with Crippen molar-refractivity contribution < 1.29 is 14.3 Å². The molecule has 1 aromatic carbocycles. The molecule has 2 aromatic rings. The third-order valence-corrected chi connectivity index (χ3v) is 5.35. The molecule has 1 aliphatic heterocycles. The van der Waals surface area contributed by atoms with Crippen molar-refractivity contribution >= 4 is 11.7 Å². The molecule has 1 N–H and O–H groups in total. The second kappa shape index (κ2) is 10.2. The van der Waals surface area contributed by atoms with Crippen molar-refractivity contribution in [3.8, 4) is 0 Å². The van der Waals surface area contributed by atoms with Crippen LogP contribution in [0.2, 0.25) is 0 Å². The zero-order valence-electron chi connectivity index (χ0n) is 16.9. The average molecular weight is 396 g/mol. The molecule has 6 nitrogen and oxygen atoms in total. The molecule has 154 valence electrons. The van der Waals surface area contributed by atoms with Crippen LogP contribution in [0.5, 0.6) is 0 Å². The van der Waals surface area contributed by atoms with Gasteiger partial charge in [0.05, 0.1) is 6.54 Å². The topological polar surface area (TPSA) is 77.4 Å². The Labute approximate surface area is 170 Å². The Morgan fingerprint density at radius 1 is 1.24 bits per heavy atom. The molecule has 29 heavy (non-hydrogen) atoms. The third kappa shape index (κ3) is 5.64. The van der Waals surface area contributed by atoms with E-state index >= 15 is 0 Å². The molecular weight excluding hydrogens is 368 g/mol. The van der Waals surface area contributed by atoms with Crippen LogP contribution in [0.4, 0.5) is 0 Å². The number of nitrogens with zero attached hydrogens (tertiary/aromatic N) is 1. The van der Waals surface area contributed by atoms with E-state index in [4.69, 9.17) is 4.74 Å². The van der Waals surface area contributed by atoms with Gasteiger partial charge in [0.15, 0.2) is 5.78 Å². The Morgan fingerprint density at radius 2 is 2.03 bits per heavy atom. The van der Waals surface area contributed by atoms with Crippen LogP contribution in [0.3, 0.4) is 0 Å². The molecule has 0 radical (unpaired) electrons. The Balaban J connectivity index is 1.77. The van der Waals surface area contributed by atoms with Crippen LogP contribution in [-0.2, 0) is 11.3 Å². The van der Waals surface area contributed by atoms with E-state index in [9.17, 15) is 14.4 Å². The lowest BCUT2D eigenvalue weighted by Gasteiger charge is -2.21. The number of Topliss-reactive ketones (excluding diaryl/α,β-unsaturated/α-hetero) is 1. The van der Waals surface area contributed by atoms with Gasteiger partial charge in [-0.05, 0) is 43.2 Å². The maximum Gasteiger partial charge on any atom is 0.263 e. The maximum atomic E-state index is 12.8. The first-order valence-electron chi connectivity index (χ1n) is 10.2. The second-order valence-electron chi connectivity index (χ2n) is 7.54. The quantitative estimate of drug-likeness (QED) is 0.696. The first-order valence-corrected chi connectivity index (χ1v) is 10.2. The Morgan fingerprint density at radius 3 is 2.72 bits per heavy atom. The van der Waals surface area contributed by atoms with E-state index in [0.717, 1.165) is 44.5 Å². The molecule has 6 heteroatoms. The van der Waals surface area contributed by atoms with Gasteiger partial charge in [-0.15, -0.1) is 0 Å². The van der Waals surface area contributed by atoms with Crippen molar-refractivity contribution in [3.05, 3.63) is 69.6 Å². The molecule has 1 aromatic heterocycles. The summed E-state index contributed by atoms with van der Waals surface area (Å²) in [4.78, 5) is 37.7. The van der Waals surface area contributed by atoms with Gasteiger partial charge in [0.1, 0.15) is 5.56 Å². The van der Waals surface area contributed by atoms with Crippen LogP contribution in [0.15, 0.2) is 47.4 Å². The smallest absolute Gasteiger partial charge is 0.263 e. The minimum atomic E-state index is -0.481. The molecule has 1 fully saturated rings. The average Bonchev–Trinajstić information content (AvgIpc) is 2.76. The number of amides is 1. The molecule has 3 rings (SSSR count). The van der Waals surface area contributed by atoms with Crippen LogP contribution in [0.1, 0.15) is 58.4 Å². The summed E-state index contributed by atoms with van der Waals surface area (Å²) in [7, 11) is 1.48. The second-order valence-corrected chi connectivity index (χ2v) is 7.54. The van der Waals surface area contributed by atoms with Crippen molar-refractivity contribution in [2.45, 2.75) is 38.6 Å². The highest BCUT2D eigenvalue weighted by atomic mass is 16.5. The fraction of sp³-hybridized carbons (Fsp3) is 0.435. The first kappa shape index (κ1) is 21.0. The fourth-order valence-electron chi connectivity index (χ4n) is 3.71. The minimum Gasteiger partial charge on any atom is -0.381 e. The van der Waals surface area contributed by atoms with Crippen molar-refractivity contribution in [1.82, 2.24) is 9.88 Å². The molecule has 2 heterocycles. The molecular formula is C23H28N2O4. The van der Waals surface area contributed by atoms with Gasteiger partial charge >= 0.3 is 0 Å². The number of ketones is 1. The van der Waals surface area contributed by atoms with Gasteiger partial charge < -0.3 is 14.6 Å². The lowest BCUT2D eigenvalue weighted by molar-refractivity contribution is 0.0505. The van der Waals surface area contributed by atoms with Crippen LogP contribution in [0, 0.1) is 5.92 Å². The SMILES string of the molecule is CNC(=O)c1cc(C(=O)CCCC2CCCOC2)cn(Cc2ccccc2)c1=O. The molecule has 0 saturated carbocycles. The van der Waals surface area contributed by atoms with Gasteiger partial charge in [-0.25, -0.2) is 0 Å². The molecule has 0 spiro atoms. The Bertz CT molecular complexity index is 899. The highest BCUT2D eigenvalue weighted by molar-refractivity contribution is 6.00. The predicted molar refractivity (Wildman–Crippen MR) is 111 cm³/mol. The summed E-state index contributed by atoms with van der Waals surface area (Å²) in [5.41, 5.74) is 0.928. The van der Waals surface area contributed by atoms with E-state index in [2.05, 4.69) is 5.32 Å². The van der Waals surface area contributed by atoms with Crippen LogP contribution < -0.4 is 10.9 Å². The largest absolute Gasteiger partial charge is 0.381 e. The molecule has 1 unspecified atom stereocenters. The molecule has 0 bridgehead atoms. The van der Waals surface area contributed by atoms with Crippen molar-refractivity contribution in [2.24, 2.45) is 5.92 Å². The normalized spacial score (nSPS) is 16.4. The van der Waals surface area contributed by atoms with E-state index < -0.39 is 11.5 Å². The van der Waals surface area contributed by atoms with E-state index in [1.165, 1.54) is 17.7 Å². The number of nitrogens with one attached hydrogen (secondary N) is 1. The minimum absolute atomic E-state index is 0.00467. The number of ether oxygens (including phenoxy) is 1. The van der Waals surface area contributed by atoms with E-state index in [-0.39, 0.29) is 11.3 Å². The number of rotatable bonds is 8. The number of carbonyl (C=O) groups excluding carboxylic acids is 2. The summed E-state index contributed by atoms with van der Waals surface area (Å²) >= 11 is 0. The highest BCUT2D eigenvalue weighted by Crippen LogP contribution is 2.20. The number of carbonyl (C=O) groups is 2. The summed E-state index contributed by atoms with van der Waals surface area (Å²) in [5, 5.41) is 2.49. The number of hydrogen-bond acceptors (Lipinski definition) is 4. The van der Waals surface area contributed by atoms with Gasteiger partial charge in [-0.3, -0.25) is 14.4 Å². The van der Waals surface area contributed by atoms with E-state index in [1.54, 1.807) is 6.20 Å². The van der Waals surface area contributed by atoms with Crippen LogP contribution >= 0.6 is 0 Å². The fourth-order valence-corrected chi connectivity index (χ4v) is 3.71. The Hall–Kier alpha value is -2.73. The molecule has 0 aliphatic carbocycles. The van der Waals surface area contributed by atoms with E-state index in [0.29, 0.717) is 24.4 Å². The van der Waals surface area contributed by atoms with Crippen molar-refractivity contribution in [2.75, 3.05) is 20.3 Å². The lowest BCUT2D eigenvalue weighted by Crippen LogP contribution is -2.32. The molecule has 1 amide bonds. The number of pyridine rings is 1. The zero-order valence-corrected chi connectivity index (χ0v) is 16.9. The summed E-state index contributed by atoms with van der Waals surface area (Å²) in [6.45, 7) is 1.92. The van der Waals surface area contributed by atoms with Crippen LogP contribution in [0.25, 0.3) is 0 Å². The number of hydrogen-bond donors (Lipinski definition) is 1. The highest BCUT2D eigenvalue weighted by Gasteiger charge is 2.18. The predicted octanol–water partition coefficient (Wildman–Crippen LogP) is 3.04. The summed E-state index contributed by atoms with van der Waals surface area (Å²) < 4.78 is 6.94. The van der Waals surface area contributed by atoms with Gasteiger partial charge in [0.2, 0.25) is 0 Å². The lowest BCUT2D eigenvalue weighted by atomic mass is 9.94. The van der Waals surface area contributed by atoms with Gasteiger partial charge in [-0.1, -0.05) is 30.3 Å². The zero-order chi connectivity index (χ0) is 20.6. The molecule has 1 aliphatic rings. The maximum absolute atomic E-state index is 12.8. The van der Waals surface area contributed by atoms with Gasteiger partial charge in [0.25, 0.3) is 11.5 Å². The van der Waals surface area contributed by atoms with Gasteiger partial charge in [0, 0.05) is 38.4 Å². The Kier molecular flexibility index (Phi) is 7.36. The van der Waals surface area contributed by atoms with Crippen LogP contribution in [-0.4, -0.2) is 36.5 Å². The summed E-state index contributed by atoms with van der Waals surface area (Å²) in [6, 6.07) is 10.9. The van der Waals surface area contributed by atoms with E-state index in [1.807, 2.05) is 30.3 Å². The molecule has 1 saturated heterocycles. The third-order valence-electron chi connectivity index (χ3n) is 5.35. The monoisotopic (exact) mass is 396 g/mol. The first-order chi connectivity index (χ1) is 14.1. The van der Waals surface area contributed by atoms with Gasteiger partial charge in [-0.2, -0.15) is 0 Å². The van der Waals surface area contributed by atoms with Crippen molar-refractivity contribution in [1.29, 1.82) is 0 Å². The summed E-state index contributed by atoms with van der Waals surface area (Å²) in [6.07, 6.45) is 5.94. The van der Waals surface area contributed by atoms with Crippen molar-refractivity contribution in [3.63, 3.8) is 0 Å².